The lowest BCUT2D eigenvalue weighted by atomic mass is 9.93. The first kappa shape index (κ1) is 19.0. The van der Waals surface area contributed by atoms with E-state index in [0.29, 0.717) is 25.9 Å². The fourth-order valence-corrected chi connectivity index (χ4v) is 3.35. The van der Waals surface area contributed by atoms with Crippen LogP contribution in [0, 0.1) is 5.82 Å². The zero-order chi connectivity index (χ0) is 19.4. The molecular formula is C21H24FN3O2. The van der Waals surface area contributed by atoms with E-state index in [2.05, 4.69) is 5.32 Å². The van der Waals surface area contributed by atoms with Crippen molar-refractivity contribution in [1.29, 1.82) is 0 Å². The molecule has 3 rings (SSSR count). The molecule has 27 heavy (non-hydrogen) atoms. The SMILES string of the molecule is C[C@H](N)C(=O)N1Cc2ccccc2CC1C(=O)NCCc1ccc(F)cc1. The van der Waals surface area contributed by atoms with Gasteiger partial charge in [-0.3, -0.25) is 9.59 Å². The van der Waals surface area contributed by atoms with Gasteiger partial charge in [0.1, 0.15) is 11.9 Å². The van der Waals surface area contributed by atoms with E-state index in [1.165, 1.54) is 12.1 Å². The summed E-state index contributed by atoms with van der Waals surface area (Å²) in [6, 6.07) is 12.8. The summed E-state index contributed by atoms with van der Waals surface area (Å²) < 4.78 is 13.0. The van der Waals surface area contributed by atoms with Crippen molar-refractivity contribution in [3.8, 4) is 0 Å². The van der Waals surface area contributed by atoms with Crippen LogP contribution in [0.4, 0.5) is 4.39 Å². The molecular weight excluding hydrogens is 345 g/mol. The molecule has 2 aromatic rings. The fraction of sp³-hybridized carbons (Fsp3) is 0.333. The molecule has 0 fully saturated rings. The number of rotatable bonds is 5. The maximum atomic E-state index is 13.0. The summed E-state index contributed by atoms with van der Waals surface area (Å²) in [4.78, 5) is 26.9. The average molecular weight is 369 g/mol. The molecule has 0 spiro atoms. The fourth-order valence-electron chi connectivity index (χ4n) is 3.35. The highest BCUT2D eigenvalue weighted by atomic mass is 19.1. The average Bonchev–Trinajstić information content (AvgIpc) is 2.67. The maximum Gasteiger partial charge on any atom is 0.243 e. The highest BCUT2D eigenvalue weighted by molar-refractivity contribution is 5.90. The van der Waals surface area contributed by atoms with Crippen LogP contribution in [0.1, 0.15) is 23.6 Å². The largest absolute Gasteiger partial charge is 0.354 e. The number of nitrogens with one attached hydrogen (secondary N) is 1. The standard InChI is InChI=1S/C21H24FN3O2/c1-14(23)21(27)25-13-17-5-3-2-4-16(17)12-19(25)20(26)24-11-10-15-6-8-18(22)9-7-15/h2-9,14,19H,10-13,23H2,1H3,(H,24,26)/t14-,19?/m0/s1. The predicted molar refractivity (Wildman–Crippen MR) is 101 cm³/mol. The lowest BCUT2D eigenvalue weighted by Gasteiger charge is -2.37. The van der Waals surface area contributed by atoms with Crippen molar-refractivity contribution in [3.05, 3.63) is 71.0 Å². The van der Waals surface area contributed by atoms with E-state index in [1.807, 2.05) is 24.3 Å². The molecule has 2 aromatic carbocycles. The van der Waals surface area contributed by atoms with Gasteiger partial charge in [0.2, 0.25) is 11.8 Å². The Bertz CT molecular complexity index is 820. The molecule has 0 aliphatic carbocycles. The molecule has 0 bridgehead atoms. The third-order valence-corrected chi connectivity index (χ3v) is 4.85. The predicted octanol–water partition coefficient (Wildman–Crippen LogP) is 1.79. The highest BCUT2D eigenvalue weighted by Crippen LogP contribution is 2.24. The maximum absolute atomic E-state index is 13.0. The van der Waals surface area contributed by atoms with Gasteiger partial charge < -0.3 is 16.0 Å². The molecule has 1 heterocycles. The number of carbonyl (C=O) groups is 2. The zero-order valence-corrected chi connectivity index (χ0v) is 15.3. The quantitative estimate of drug-likeness (QED) is 0.844. The van der Waals surface area contributed by atoms with Gasteiger partial charge in [-0.1, -0.05) is 36.4 Å². The van der Waals surface area contributed by atoms with Gasteiger partial charge in [0.15, 0.2) is 0 Å². The number of carbonyl (C=O) groups excluding carboxylic acids is 2. The van der Waals surface area contributed by atoms with Crippen LogP contribution in [-0.4, -0.2) is 35.3 Å². The number of hydrogen-bond donors (Lipinski definition) is 2. The van der Waals surface area contributed by atoms with Crippen LogP contribution in [0.2, 0.25) is 0 Å². The number of halogens is 1. The second-order valence-corrected chi connectivity index (χ2v) is 6.91. The van der Waals surface area contributed by atoms with Gasteiger partial charge in [-0.05, 0) is 42.2 Å². The van der Waals surface area contributed by atoms with Crippen molar-refractivity contribution in [2.45, 2.75) is 38.4 Å². The summed E-state index contributed by atoms with van der Waals surface area (Å²) in [5, 5.41) is 2.90. The van der Waals surface area contributed by atoms with Gasteiger partial charge in [0, 0.05) is 19.5 Å². The van der Waals surface area contributed by atoms with Crippen molar-refractivity contribution in [1.82, 2.24) is 10.2 Å². The van der Waals surface area contributed by atoms with Crippen LogP contribution >= 0.6 is 0 Å². The van der Waals surface area contributed by atoms with Crippen LogP contribution in [0.5, 0.6) is 0 Å². The van der Waals surface area contributed by atoms with Crippen molar-refractivity contribution in [3.63, 3.8) is 0 Å². The Morgan fingerprint density at radius 2 is 1.85 bits per heavy atom. The summed E-state index contributed by atoms with van der Waals surface area (Å²) in [5.41, 5.74) is 8.84. The third-order valence-electron chi connectivity index (χ3n) is 4.85. The zero-order valence-electron chi connectivity index (χ0n) is 15.3. The molecule has 1 aliphatic rings. The smallest absolute Gasteiger partial charge is 0.243 e. The topological polar surface area (TPSA) is 75.4 Å². The molecule has 2 amide bonds. The first-order chi connectivity index (χ1) is 13.0. The molecule has 6 heteroatoms. The number of amides is 2. The van der Waals surface area contributed by atoms with Gasteiger partial charge >= 0.3 is 0 Å². The molecule has 0 aromatic heterocycles. The summed E-state index contributed by atoms with van der Waals surface area (Å²) in [6.07, 6.45) is 1.06. The van der Waals surface area contributed by atoms with Gasteiger partial charge in [-0.15, -0.1) is 0 Å². The minimum absolute atomic E-state index is 0.194. The van der Waals surface area contributed by atoms with E-state index in [4.69, 9.17) is 5.73 Å². The minimum atomic E-state index is -0.662. The van der Waals surface area contributed by atoms with E-state index >= 15 is 0 Å². The monoisotopic (exact) mass is 369 g/mol. The van der Waals surface area contributed by atoms with E-state index in [-0.39, 0.29) is 17.6 Å². The Kier molecular flexibility index (Phi) is 5.86. The van der Waals surface area contributed by atoms with E-state index in [9.17, 15) is 14.0 Å². The van der Waals surface area contributed by atoms with Crippen molar-refractivity contribution < 1.29 is 14.0 Å². The van der Waals surface area contributed by atoms with Crippen LogP contribution in [-0.2, 0) is 29.0 Å². The normalized spacial score (nSPS) is 17.1. The van der Waals surface area contributed by atoms with Gasteiger partial charge in [0.25, 0.3) is 0 Å². The van der Waals surface area contributed by atoms with E-state index < -0.39 is 12.1 Å². The molecule has 0 saturated heterocycles. The van der Waals surface area contributed by atoms with Gasteiger partial charge in [-0.2, -0.15) is 0 Å². The van der Waals surface area contributed by atoms with Gasteiger partial charge in [-0.25, -0.2) is 4.39 Å². The van der Waals surface area contributed by atoms with Crippen LogP contribution < -0.4 is 11.1 Å². The molecule has 1 unspecified atom stereocenters. The van der Waals surface area contributed by atoms with E-state index in [1.54, 1.807) is 24.0 Å². The minimum Gasteiger partial charge on any atom is -0.354 e. The lowest BCUT2D eigenvalue weighted by Crippen LogP contribution is -2.56. The summed E-state index contributed by atoms with van der Waals surface area (Å²) in [6.45, 7) is 2.43. The second kappa shape index (κ2) is 8.31. The lowest BCUT2D eigenvalue weighted by molar-refractivity contribution is -0.142. The molecule has 1 aliphatic heterocycles. The number of nitrogens with two attached hydrogens (primary N) is 1. The van der Waals surface area contributed by atoms with Crippen molar-refractivity contribution >= 4 is 11.8 Å². The number of hydrogen-bond acceptors (Lipinski definition) is 3. The molecule has 2 atom stereocenters. The Balaban J connectivity index is 1.68. The molecule has 142 valence electrons. The van der Waals surface area contributed by atoms with Crippen molar-refractivity contribution in [2.24, 2.45) is 5.73 Å². The second-order valence-electron chi connectivity index (χ2n) is 6.91. The highest BCUT2D eigenvalue weighted by Gasteiger charge is 2.35. The van der Waals surface area contributed by atoms with Crippen LogP contribution in [0.15, 0.2) is 48.5 Å². The summed E-state index contributed by atoms with van der Waals surface area (Å²) >= 11 is 0. The van der Waals surface area contributed by atoms with E-state index in [0.717, 1.165) is 16.7 Å². The molecule has 0 radical (unpaired) electrons. The Morgan fingerprint density at radius 1 is 1.19 bits per heavy atom. The number of nitrogens with zero attached hydrogens (tertiary/aromatic N) is 1. The number of fused-ring (bicyclic) bond motifs is 1. The first-order valence-corrected chi connectivity index (χ1v) is 9.10. The Labute approximate surface area is 158 Å². The summed E-state index contributed by atoms with van der Waals surface area (Å²) in [5.74, 6) is -0.711. The van der Waals surface area contributed by atoms with Crippen LogP contribution in [0.25, 0.3) is 0 Å². The molecule has 5 nitrogen and oxygen atoms in total. The van der Waals surface area contributed by atoms with Gasteiger partial charge in [0.05, 0.1) is 6.04 Å². The third kappa shape index (κ3) is 4.52. The Morgan fingerprint density at radius 3 is 2.52 bits per heavy atom. The molecule has 3 N–H and O–H groups in total. The first-order valence-electron chi connectivity index (χ1n) is 9.10. The number of benzene rings is 2. The van der Waals surface area contributed by atoms with Crippen LogP contribution in [0.3, 0.4) is 0 Å². The summed E-state index contributed by atoms with van der Waals surface area (Å²) in [7, 11) is 0. The molecule has 0 saturated carbocycles. The van der Waals surface area contributed by atoms with Crippen molar-refractivity contribution in [2.75, 3.05) is 6.54 Å². The Hall–Kier alpha value is -2.73.